The van der Waals surface area contributed by atoms with Gasteiger partial charge in [-0.25, -0.2) is 0 Å². The summed E-state index contributed by atoms with van der Waals surface area (Å²) < 4.78 is 24.1. The van der Waals surface area contributed by atoms with Crippen molar-refractivity contribution in [1.82, 2.24) is 0 Å². The molecule has 0 aromatic rings. The van der Waals surface area contributed by atoms with Gasteiger partial charge in [0.05, 0.1) is 0 Å². The summed E-state index contributed by atoms with van der Waals surface area (Å²) in [5.74, 6) is 0. The van der Waals surface area contributed by atoms with E-state index in [4.69, 9.17) is 13.0 Å². The van der Waals surface area contributed by atoms with Crippen molar-refractivity contribution < 1.29 is 32.4 Å². The molecule has 0 fully saturated rings. The Morgan fingerprint density at radius 1 is 1.15 bits per heavy atom. The predicted octanol–water partition coefficient (Wildman–Crippen LogP) is 2.95. The minimum absolute atomic E-state index is 0. The Morgan fingerprint density at radius 3 is 1.85 bits per heavy atom. The smallest absolute Gasteiger partial charge is 0.439 e. The van der Waals surface area contributed by atoms with Crippen molar-refractivity contribution >= 4 is 11.0 Å². The van der Waals surface area contributed by atoms with Crippen molar-refractivity contribution in [2.24, 2.45) is 0 Å². The number of unbranched alkanes of at least 4 members (excludes halogenated alkanes) is 5. The molecule has 0 heterocycles. The van der Waals surface area contributed by atoms with Gasteiger partial charge in [0, 0.05) is 11.0 Å². The summed E-state index contributed by atoms with van der Waals surface area (Å²) in [7, 11) is -2.86. The molecule has 3 nitrogen and oxygen atoms in total. The molecular formula is C8H18O3SZn. The van der Waals surface area contributed by atoms with Crippen LogP contribution in [0.1, 0.15) is 45.4 Å². The second-order valence-electron chi connectivity index (χ2n) is 2.48. The van der Waals surface area contributed by atoms with Crippen LogP contribution in [0.25, 0.3) is 0 Å². The molecule has 0 aliphatic rings. The molecule has 0 aromatic heterocycles. The molecular weight excluding hydrogens is 242 g/mol. The van der Waals surface area contributed by atoms with Crippen molar-refractivity contribution in [3.8, 4) is 0 Å². The van der Waals surface area contributed by atoms with Gasteiger partial charge in [-0.15, -0.1) is 0 Å². The van der Waals surface area contributed by atoms with Crippen LogP contribution in [0.2, 0.25) is 0 Å². The summed E-state index contributed by atoms with van der Waals surface area (Å²) in [6.07, 6.45) is 7.98. The molecule has 1 N–H and O–H groups in total. The molecule has 0 atom stereocenters. The molecule has 0 aliphatic carbocycles. The van der Waals surface area contributed by atoms with Gasteiger partial charge in [-0.05, 0) is 0 Å². The second-order valence-corrected chi connectivity index (χ2v) is 2.92. The Kier molecular flexibility index (Phi) is 27.0. The normalized spacial score (nSPS) is 8.62. The molecule has 0 saturated carbocycles. The fraction of sp³-hybridized carbons (Fsp3) is 0.875. The molecule has 0 unspecified atom stereocenters. The van der Waals surface area contributed by atoms with Crippen molar-refractivity contribution in [2.45, 2.75) is 45.4 Å². The van der Waals surface area contributed by atoms with Crippen molar-refractivity contribution in [1.29, 1.82) is 0 Å². The Labute approximate surface area is 95.8 Å². The van der Waals surface area contributed by atoms with Crippen LogP contribution >= 0.6 is 0 Å². The van der Waals surface area contributed by atoms with Gasteiger partial charge < -0.3 is 19.9 Å². The maximum absolute atomic E-state index is 8.56. The summed E-state index contributed by atoms with van der Waals surface area (Å²) in [5.41, 5.74) is 0. The molecule has 76 valence electrons. The monoisotopic (exact) mass is 258 g/mol. The Hall–Kier alpha value is 0.533. The molecule has 0 saturated heterocycles. The number of hydrogen-bond acceptors (Lipinski definition) is 3. The summed E-state index contributed by atoms with van der Waals surface area (Å²) in [4.78, 5) is 0. The molecule has 0 rings (SSSR count). The average Bonchev–Trinajstić information content (AvgIpc) is 1.97. The van der Waals surface area contributed by atoms with Gasteiger partial charge in [0.2, 0.25) is 0 Å². The van der Waals surface area contributed by atoms with E-state index in [2.05, 4.69) is 13.8 Å². The molecule has 0 bridgehead atoms. The zero-order valence-corrected chi connectivity index (χ0v) is 12.1. The van der Waals surface area contributed by atoms with E-state index in [9.17, 15) is 0 Å². The zero-order chi connectivity index (χ0) is 9.82. The van der Waals surface area contributed by atoms with Crippen LogP contribution in [0.4, 0.5) is 0 Å². The Morgan fingerprint density at radius 2 is 1.54 bits per heavy atom. The molecule has 0 aliphatic heterocycles. The third-order valence-electron chi connectivity index (χ3n) is 1.35. The van der Waals surface area contributed by atoms with Crippen LogP contribution in [0.3, 0.4) is 0 Å². The largest absolute Gasteiger partial charge is 2.00 e. The molecule has 0 spiro atoms. The zero-order valence-electron chi connectivity index (χ0n) is 8.33. The van der Waals surface area contributed by atoms with Crippen LogP contribution in [-0.2, 0) is 38.9 Å². The standard InChI is InChI=1S/C8H17.HO3S.Zn/c1-3-5-7-8-6-4-2;1-4(2)3;/h1,3-8H2,2H3;(H,1,2,3);/q2*-1;+2. The minimum atomic E-state index is -2.86. The van der Waals surface area contributed by atoms with Crippen molar-refractivity contribution in [3.63, 3.8) is 0 Å². The van der Waals surface area contributed by atoms with Gasteiger partial charge in [0.15, 0.2) is 0 Å². The quantitative estimate of drug-likeness (QED) is 0.206. The molecule has 0 aromatic carbocycles. The van der Waals surface area contributed by atoms with E-state index < -0.39 is 11.0 Å². The van der Waals surface area contributed by atoms with E-state index in [0.29, 0.717) is 0 Å². The maximum Gasteiger partial charge on any atom is 2.00 e. The molecule has 0 amide bonds. The molecule has 13 heavy (non-hydrogen) atoms. The maximum atomic E-state index is 8.56. The van der Waals surface area contributed by atoms with Crippen molar-refractivity contribution in [2.75, 3.05) is 0 Å². The molecule has 5 heteroatoms. The van der Waals surface area contributed by atoms with Crippen molar-refractivity contribution in [3.05, 3.63) is 6.92 Å². The first kappa shape index (κ1) is 19.2. The average molecular weight is 260 g/mol. The third kappa shape index (κ3) is 45.4. The summed E-state index contributed by atoms with van der Waals surface area (Å²) >= 11 is 0. The SMILES string of the molecule is O=[S-](=O)O.[CH2-]CCCCCCC.[Zn+2]. The first-order valence-corrected chi connectivity index (χ1v) is 5.25. The fourth-order valence-electron chi connectivity index (χ4n) is 0.780. The Bertz CT molecular complexity index is 123. The Balaban J connectivity index is -0.000000173. The topological polar surface area (TPSA) is 54.4 Å². The van der Waals surface area contributed by atoms with E-state index in [0.717, 1.165) is 6.42 Å². The van der Waals surface area contributed by atoms with Gasteiger partial charge in [-0.2, -0.15) is 6.42 Å². The van der Waals surface area contributed by atoms with E-state index in [-0.39, 0.29) is 19.5 Å². The van der Waals surface area contributed by atoms with E-state index in [1.165, 1.54) is 32.1 Å². The summed E-state index contributed by atoms with van der Waals surface area (Å²) in [6, 6.07) is 0. The summed E-state index contributed by atoms with van der Waals surface area (Å²) in [5, 5.41) is 0. The number of hydrogen-bond donors (Lipinski definition) is 1. The van der Waals surface area contributed by atoms with Gasteiger partial charge in [-0.1, -0.05) is 39.0 Å². The third-order valence-corrected chi connectivity index (χ3v) is 1.35. The first-order chi connectivity index (χ1) is 5.65. The van der Waals surface area contributed by atoms with Gasteiger partial charge >= 0.3 is 19.5 Å². The molecule has 0 radical (unpaired) electrons. The van der Waals surface area contributed by atoms with E-state index in [1.807, 2.05) is 0 Å². The van der Waals surface area contributed by atoms with Gasteiger partial charge in [0.1, 0.15) is 0 Å². The van der Waals surface area contributed by atoms with Crippen LogP contribution in [0.5, 0.6) is 0 Å². The minimum Gasteiger partial charge on any atom is -0.439 e. The number of rotatable bonds is 5. The van der Waals surface area contributed by atoms with Crippen LogP contribution in [0, 0.1) is 6.92 Å². The fourth-order valence-corrected chi connectivity index (χ4v) is 0.780. The van der Waals surface area contributed by atoms with Crippen LogP contribution < -0.4 is 0 Å². The predicted molar refractivity (Wildman–Crippen MR) is 50.1 cm³/mol. The van der Waals surface area contributed by atoms with Gasteiger partial charge in [-0.3, -0.25) is 0 Å². The van der Waals surface area contributed by atoms with Gasteiger partial charge in [0.25, 0.3) is 0 Å². The second kappa shape index (κ2) is 18.3. The van der Waals surface area contributed by atoms with E-state index in [1.54, 1.807) is 0 Å². The summed E-state index contributed by atoms with van der Waals surface area (Å²) in [6.45, 7) is 6.02. The van der Waals surface area contributed by atoms with Crippen LogP contribution in [-0.4, -0.2) is 4.55 Å². The first-order valence-electron chi connectivity index (χ1n) is 4.22. The van der Waals surface area contributed by atoms with E-state index >= 15 is 0 Å². The van der Waals surface area contributed by atoms with Crippen LogP contribution in [0.15, 0.2) is 0 Å².